The number of nitrogens with zero attached hydrogens (tertiary/aromatic N) is 2. The highest BCUT2D eigenvalue weighted by molar-refractivity contribution is 6.13. The Morgan fingerprint density at radius 1 is 0.349 bits per heavy atom. The minimum absolute atomic E-state index is 0.852. The summed E-state index contributed by atoms with van der Waals surface area (Å²) in [6.45, 7) is 0. The molecule has 204 valence electrons. The molecule has 7 aromatic carbocycles. The average molecular weight is 553 g/mol. The summed E-state index contributed by atoms with van der Waals surface area (Å²) in [4.78, 5) is 4.64. The second kappa shape index (κ2) is 10.6. The number of para-hydroxylation sites is 4. The SMILES string of the molecule is c1ccc(N(c2ccccc2)c2cccc3c2-c2cccc4c(N(c5ccccc5)c5ccccc5)ccc(c24)O3)cc1. The molecule has 7 aromatic rings. The molecular formula is C40H28N2O. The highest BCUT2D eigenvalue weighted by Gasteiger charge is 2.28. The number of hydrogen-bond acceptors (Lipinski definition) is 3. The Labute approximate surface area is 251 Å². The molecule has 3 heteroatoms. The third kappa shape index (κ3) is 4.30. The summed E-state index contributed by atoms with van der Waals surface area (Å²) in [5.41, 5.74) is 8.80. The maximum atomic E-state index is 6.71. The zero-order valence-corrected chi connectivity index (χ0v) is 23.5. The van der Waals surface area contributed by atoms with E-state index in [0.717, 1.165) is 67.5 Å². The first-order chi connectivity index (χ1) is 21.4. The maximum absolute atomic E-state index is 6.71. The molecule has 0 saturated carbocycles. The molecule has 0 radical (unpaired) electrons. The zero-order chi connectivity index (χ0) is 28.6. The van der Waals surface area contributed by atoms with E-state index in [2.05, 4.69) is 180 Å². The van der Waals surface area contributed by atoms with Gasteiger partial charge in [0.25, 0.3) is 0 Å². The van der Waals surface area contributed by atoms with Crippen LogP contribution in [0.5, 0.6) is 11.5 Å². The van der Waals surface area contributed by atoms with E-state index in [4.69, 9.17) is 4.74 Å². The first-order valence-corrected chi connectivity index (χ1v) is 14.5. The van der Waals surface area contributed by atoms with E-state index in [1.807, 2.05) is 0 Å². The molecule has 0 aliphatic carbocycles. The predicted octanol–water partition coefficient (Wildman–Crippen LogP) is 11.6. The van der Waals surface area contributed by atoms with E-state index < -0.39 is 0 Å². The Balaban J connectivity index is 1.38. The molecule has 8 rings (SSSR count). The van der Waals surface area contributed by atoms with Gasteiger partial charge in [-0.05, 0) is 78.4 Å². The van der Waals surface area contributed by atoms with Gasteiger partial charge >= 0.3 is 0 Å². The monoisotopic (exact) mass is 552 g/mol. The van der Waals surface area contributed by atoms with Crippen molar-refractivity contribution < 1.29 is 4.74 Å². The molecule has 0 bridgehead atoms. The van der Waals surface area contributed by atoms with Gasteiger partial charge in [-0.25, -0.2) is 0 Å². The Morgan fingerprint density at radius 2 is 0.837 bits per heavy atom. The zero-order valence-electron chi connectivity index (χ0n) is 23.5. The molecule has 1 aliphatic heterocycles. The number of hydrogen-bond donors (Lipinski definition) is 0. The first kappa shape index (κ1) is 25.0. The van der Waals surface area contributed by atoms with Gasteiger partial charge in [-0.2, -0.15) is 0 Å². The molecule has 43 heavy (non-hydrogen) atoms. The van der Waals surface area contributed by atoms with Gasteiger partial charge in [0.1, 0.15) is 11.5 Å². The van der Waals surface area contributed by atoms with Crippen LogP contribution in [-0.4, -0.2) is 0 Å². The second-order valence-corrected chi connectivity index (χ2v) is 10.6. The van der Waals surface area contributed by atoms with E-state index in [9.17, 15) is 0 Å². The van der Waals surface area contributed by atoms with Gasteiger partial charge in [-0.1, -0.05) is 97.1 Å². The summed E-state index contributed by atoms with van der Waals surface area (Å²) in [5, 5.41) is 2.24. The molecule has 0 fully saturated rings. The standard InChI is InChI=1S/C40H28N2O/c1-5-15-29(16-6-1)41(30-17-7-2-8-18-30)35-27-28-38-39-33(35)23-13-24-34(39)40-36(25-14-26-37(40)43-38)42(31-19-9-3-10-20-31)32-21-11-4-12-22-32/h1-28H. The van der Waals surface area contributed by atoms with Crippen molar-refractivity contribution in [3.05, 3.63) is 170 Å². The van der Waals surface area contributed by atoms with Crippen LogP contribution in [-0.2, 0) is 0 Å². The third-order valence-corrected chi connectivity index (χ3v) is 8.01. The van der Waals surface area contributed by atoms with Crippen molar-refractivity contribution in [1.29, 1.82) is 0 Å². The second-order valence-electron chi connectivity index (χ2n) is 10.6. The fourth-order valence-corrected chi connectivity index (χ4v) is 6.19. The topological polar surface area (TPSA) is 15.7 Å². The van der Waals surface area contributed by atoms with Gasteiger partial charge in [0.15, 0.2) is 0 Å². The van der Waals surface area contributed by atoms with Crippen LogP contribution >= 0.6 is 0 Å². The average Bonchev–Trinajstić information content (AvgIpc) is 3.08. The summed E-state index contributed by atoms with van der Waals surface area (Å²) in [5.74, 6) is 1.72. The number of fused-ring (bicyclic) bond motifs is 2. The summed E-state index contributed by atoms with van der Waals surface area (Å²) in [6, 6.07) is 59.4. The lowest BCUT2D eigenvalue weighted by Gasteiger charge is -2.32. The van der Waals surface area contributed by atoms with Gasteiger partial charge in [0.05, 0.1) is 11.4 Å². The lowest BCUT2D eigenvalue weighted by Crippen LogP contribution is -2.13. The van der Waals surface area contributed by atoms with Crippen LogP contribution < -0.4 is 14.5 Å². The van der Waals surface area contributed by atoms with E-state index in [1.165, 1.54) is 0 Å². The fraction of sp³-hybridized carbons (Fsp3) is 0. The van der Waals surface area contributed by atoms with Gasteiger partial charge < -0.3 is 14.5 Å². The summed E-state index contributed by atoms with van der Waals surface area (Å²) < 4.78 is 6.71. The van der Waals surface area contributed by atoms with Crippen molar-refractivity contribution in [2.24, 2.45) is 0 Å². The van der Waals surface area contributed by atoms with Crippen molar-refractivity contribution in [3.8, 4) is 22.6 Å². The van der Waals surface area contributed by atoms with Crippen LogP contribution in [0.3, 0.4) is 0 Å². The lowest BCUT2D eigenvalue weighted by molar-refractivity contribution is 0.487. The Kier molecular flexibility index (Phi) is 6.12. The predicted molar refractivity (Wildman–Crippen MR) is 179 cm³/mol. The van der Waals surface area contributed by atoms with E-state index in [1.54, 1.807) is 0 Å². The number of benzene rings is 7. The van der Waals surface area contributed by atoms with E-state index >= 15 is 0 Å². The molecule has 0 atom stereocenters. The maximum Gasteiger partial charge on any atom is 0.137 e. The minimum atomic E-state index is 0.852. The van der Waals surface area contributed by atoms with Crippen LogP contribution in [0.1, 0.15) is 0 Å². The molecule has 0 aromatic heterocycles. The van der Waals surface area contributed by atoms with Gasteiger partial charge in [0.2, 0.25) is 0 Å². The van der Waals surface area contributed by atoms with Crippen LogP contribution in [0.15, 0.2) is 170 Å². The molecule has 0 unspecified atom stereocenters. The van der Waals surface area contributed by atoms with Crippen LogP contribution in [0, 0.1) is 0 Å². The summed E-state index contributed by atoms with van der Waals surface area (Å²) in [6.07, 6.45) is 0. The molecule has 1 heterocycles. The van der Waals surface area contributed by atoms with Crippen molar-refractivity contribution >= 4 is 44.9 Å². The minimum Gasteiger partial charge on any atom is -0.456 e. The van der Waals surface area contributed by atoms with Crippen molar-refractivity contribution in [3.63, 3.8) is 0 Å². The highest BCUT2D eigenvalue weighted by atomic mass is 16.5. The first-order valence-electron chi connectivity index (χ1n) is 14.5. The lowest BCUT2D eigenvalue weighted by atomic mass is 9.91. The summed E-state index contributed by atoms with van der Waals surface area (Å²) >= 11 is 0. The Morgan fingerprint density at radius 3 is 1.37 bits per heavy atom. The number of rotatable bonds is 6. The third-order valence-electron chi connectivity index (χ3n) is 8.01. The van der Waals surface area contributed by atoms with Crippen molar-refractivity contribution in [2.75, 3.05) is 9.80 Å². The van der Waals surface area contributed by atoms with Crippen molar-refractivity contribution in [1.82, 2.24) is 0 Å². The van der Waals surface area contributed by atoms with Crippen LogP contribution in [0.25, 0.3) is 21.9 Å². The molecule has 1 aliphatic rings. The highest BCUT2D eigenvalue weighted by Crippen LogP contribution is 2.54. The number of ether oxygens (including phenoxy) is 1. The van der Waals surface area contributed by atoms with Gasteiger partial charge in [-0.3, -0.25) is 0 Å². The Bertz CT molecular complexity index is 1960. The van der Waals surface area contributed by atoms with E-state index in [0.29, 0.717) is 0 Å². The van der Waals surface area contributed by atoms with Crippen molar-refractivity contribution in [2.45, 2.75) is 0 Å². The number of anilines is 6. The molecule has 0 N–H and O–H groups in total. The molecule has 3 nitrogen and oxygen atoms in total. The Hall–Kier alpha value is -5.80. The van der Waals surface area contributed by atoms with Gasteiger partial charge in [0, 0.05) is 39.1 Å². The molecule has 0 spiro atoms. The quantitative estimate of drug-likeness (QED) is 0.204. The van der Waals surface area contributed by atoms with Crippen LogP contribution in [0.2, 0.25) is 0 Å². The molecule has 0 amide bonds. The largest absolute Gasteiger partial charge is 0.456 e. The normalized spacial score (nSPS) is 11.4. The summed E-state index contributed by atoms with van der Waals surface area (Å²) in [7, 11) is 0. The fourth-order valence-electron chi connectivity index (χ4n) is 6.19. The molecular weight excluding hydrogens is 524 g/mol. The molecule has 0 saturated heterocycles. The van der Waals surface area contributed by atoms with Crippen LogP contribution in [0.4, 0.5) is 34.1 Å². The van der Waals surface area contributed by atoms with Gasteiger partial charge in [-0.15, -0.1) is 0 Å². The smallest absolute Gasteiger partial charge is 0.137 e. The van der Waals surface area contributed by atoms with E-state index in [-0.39, 0.29) is 0 Å².